The molecule has 0 heterocycles. The molecule has 0 bridgehead atoms. The molecule has 19 heavy (non-hydrogen) atoms. The molecule has 108 valence electrons. The van der Waals surface area contributed by atoms with Crippen LogP contribution in [0.3, 0.4) is 0 Å². The SMILES string of the molecule is CC.CC(C)(C)SCC(Cc1ccccc1)C(=O)O. The predicted octanol–water partition coefficient (Wildman–Crippen LogP) is 4.49. The van der Waals surface area contributed by atoms with E-state index in [1.54, 1.807) is 11.8 Å². The molecule has 0 aliphatic carbocycles. The summed E-state index contributed by atoms with van der Waals surface area (Å²) in [6.45, 7) is 10.3. The molecule has 0 radical (unpaired) electrons. The molecular formula is C16H26O2S. The lowest BCUT2D eigenvalue weighted by Gasteiger charge is -2.20. The van der Waals surface area contributed by atoms with E-state index in [4.69, 9.17) is 0 Å². The summed E-state index contributed by atoms with van der Waals surface area (Å²) in [6, 6.07) is 9.81. The van der Waals surface area contributed by atoms with Crippen LogP contribution in [0, 0.1) is 5.92 Å². The third-order valence-electron chi connectivity index (χ3n) is 2.39. The van der Waals surface area contributed by atoms with Crippen LogP contribution < -0.4 is 0 Å². The first-order chi connectivity index (χ1) is 8.88. The molecule has 0 aromatic heterocycles. The predicted molar refractivity (Wildman–Crippen MR) is 84.8 cm³/mol. The Balaban J connectivity index is 0.00000154. The Labute approximate surface area is 121 Å². The minimum absolute atomic E-state index is 0.115. The monoisotopic (exact) mass is 282 g/mol. The van der Waals surface area contributed by atoms with Crippen LogP contribution in [0.25, 0.3) is 0 Å². The van der Waals surface area contributed by atoms with E-state index in [0.717, 1.165) is 5.56 Å². The van der Waals surface area contributed by atoms with Crippen molar-refractivity contribution in [2.75, 3.05) is 5.75 Å². The summed E-state index contributed by atoms with van der Waals surface area (Å²) in [5.74, 6) is -0.347. The number of carboxylic acids is 1. The number of hydrogen-bond acceptors (Lipinski definition) is 2. The number of hydrogen-bond donors (Lipinski definition) is 1. The van der Waals surface area contributed by atoms with Crippen molar-refractivity contribution in [3.05, 3.63) is 35.9 Å². The van der Waals surface area contributed by atoms with Gasteiger partial charge in [-0.15, -0.1) is 0 Å². The Morgan fingerprint density at radius 2 is 1.74 bits per heavy atom. The Hall–Kier alpha value is -0.960. The van der Waals surface area contributed by atoms with Crippen molar-refractivity contribution in [3.8, 4) is 0 Å². The molecule has 0 spiro atoms. The van der Waals surface area contributed by atoms with Gasteiger partial charge in [-0.1, -0.05) is 65.0 Å². The van der Waals surface area contributed by atoms with Crippen molar-refractivity contribution < 1.29 is 9.90 Å². The minimum Gasteiger partial charge on any atom is -0.481 e. The van der Waals surface area contributed by atoms with Gasteiger partial charge in [0, 0.05) is 10.5 Å². The lowest BCUT2D eigenvalue weighted by Crippen LogP contribution is -2.22. The Bertz CT molecular complexity index is 355. The van der Waals surface area contributed by atoms with Crippen LogP contribution in [-0.4, -0.2) is 21.6 Å². The van der Waals surface area contributed by atoms with E-state index in [1.807, 2.05) is 44.2 Å². The molecule has 3 heteroatoms. The van der Waals surface area contributed by atoms with E-state index in [-0.39, 0.29) is 10.7 Å². The zero-order valence-corrected chi connectivity index (χ0v) is 13.5. The lowest BCUT2D eigenvalue weighted by molar-refractivity contribution is -0.140. The van der Waals surface area contributed by atoms with Crippen LogP contribution in [0.2, 0.25) is 0 Å². The van der Waals surface area contributed by atoms with Gasteiger partial charge < -0.3 is 5.11 Å². The molecule has 1 aromatic carbocycles. The second-order valence-electron chi connectivity index (χ2n) is 5.15. The first kappa shape index (κ1) is 18.0. The molecule has 1 aromatic rings. The molecule has 2 nitrogen and oxygen atoms in total. The zero-order valence-electron chi connectivity index (χ0n) is 12.6. The van der Waals surface area contributed by atoms with E-state index in [0.29, 0.717) is 12.2 Å². The molecule has 1 rings (SSSR count). The fourth-order valence-electron chi connectivity index (χ4n) is 1.47. The summed E-state index contributed by atoms with van der Waals surface area (Å²) in [5, 5.41) is 9.22. The Morgan fingerprint density at radius 1 is 1.21 bits per heavy atom. The Morgan fingerprint density at radius 3 is 2.16 bits per heavy atom. The van der Waals surface area contributed by atoms with Gasteiger partial charge in [-0.25, -0.2) is 0 Å². The third kappa shape index (κ3) is 8.71. The summed E-state index contributed by atoms with van der Waals surface area (Å²) >= 11 is 1.71. The van der Waals surface area contributed by atoms with Gasteiger partial charge in [0.2, 0.25) is 0 Å². The van der Waals surface area contributed by atoms with Crippen molar-refractivity contribution in [2.24, 2.45) is 5.92 Å². The van der Waals surface area contributed by atoms with Gasteiger partial charge in [-0.2, -0.15) is 11.8 Å². The van der Waals surface area contributed by atoms with E-state index in [2.05, 4.69) is 20.8 Å². The topological polar surface area (TPSA) is 37.3 Å². The van der Waals surface area contributed by atoms with E-state index in [9.17, 15) is 9.90 Å². The van der Waals surface area contributed by atoms with Crippen LogP contribution in [0.1, 0.15) is 40.2 Å². The fraction of sp³-hybridized carbons (Fsp3) is 0.562. The molecule has 1 unspecified atom stereocenters. The van der Waals surface area contributed by atoms with Gasteiger partial charge >= 0.3 is 5.97 Å². The van der Waals surface area contributed by atoms with Gasteiger partial charge in [0.1, 0.15) is 0 Å². The first-order valence-electron chi connectivity index (χ1n) is 6.79. The van der Waals surface area contributed by atoms with Gasteiger partial charge in [0.05, 0.1) is 5.92 Å². The average Bonchev–Trinajstić information content (AvgIpc) is 2.36. The van der Waals surface area contributed by atoms with Crippen LogP contribution in [0.15, 0.2) is 30.3 Å². The molecule has 0 saturated carbocycles. The number of thioether (sulfide) groups is 1. The highest BCUT2D eigenvalue weighted by Crippen LogP contribution is 2.26. The first-order valence-corrected chi connectivity index (χ1v) is 7.78. The summed E-state index contributed by atoms with van der Waals surface area (Å²) in [7, 11) is 0. The maximum atomic E-state index is 11.2. The van der Waals surface area contributed by atoms with Gasteiger partial charge in [0.25, 0.3) is 0 Å². The van der Waals surface area contributed by atoms with Gasteiger partial charge in [0.15, 0.2) is 0 Å². The van der Waals surface area contributed by atoms with Crippen LogP contribution >= 0.6 is 11.8 Å². The molecule has 0 amide bonds. The van der Waals surface area contributed by atoms with E-state index >= 15 is 0 Å². The number of aliphatic carboxylic acids is 1. The van der Waals surface area contributed by atoms with Crippen molar-refractivity contribution in [1.82, 2.24) is 0 Å². The number of carbonyl (C=O) groups is 1. The van der Waals surface area contributed by atoms with Gasteiger partial charge in [-0.05, 0) is 12.0 Å². The standard InChI is InChI=1S/C14H20O2S.C2H6/c1-14(2,3)17-10-12(13(15)16)9-11-7-5-4-6-8-11;1-2/h4-8,12H,9-10H2,1-3H3,(H,15,16);1-2H3. The van der Waals surface area contributed by atoms with Crippen LogP contribution in [0.4, 0.5) is 0 Å². The number of carboxylic acid groups (broad SMARTS) is 1. The molecule has 0 saturated heterocycles. The van der Waals surface area contributed by atoms with Crippen molar-refractivity contribution >= 4 is 17.7 Å². The van der Waals surface area contributed by atoms with Gasteiger partial charge in [-0.3, -0.25) is 4.79 Å². The highest BCUT2D eigenvalue weighted by molar-refractivity contribution is 8.00. The molecule has 0 aliphatic rings. The van der Waals surface area contributed by atoms with Crippen molar-refractivity contribution in [1.29, 1.82) is 0 Å². The fourth-order valence-corrected chi connectivity index (χ4v) is 2.43. The summed E-state index contributed by atoms with van der Waals surface area (Å²) in [5.41, 5.74) is 1.09. The van der Waals surface area contributed by atoms with E-state index < -0.39 is 5.97 Å². The van der Waals surface area contributed by atoms with E-state index in [1.165, 1.54) is 0 Å². The second-order valence-corrected chi connectivity index (χ2v) is 7.00. The third-order valence-corrected chi connectivity index (χ3v) is 3.83. The zero-order chi connectivity index (χ0) is 14.9. The minimum atomic E-state index is -0.703. The maximum Gasteiger partial charge on any atom is 0.307 e. The largest absolute Gasteiger partial charge is 0.481 e. The summed E-state index contributed by atoms with van der Waals surface area (Å²) in [6.07, 6.45) is 0.610. The van der Waals surface area contributed by atoms with Crippen LogP contribution in [0.5, 0.6) is 0 Å². The Kier molecular flexibility index (Phi) is 8.57. The average molecular weight is 282 g/mol. The summed E-state index contributed by atoms with van der Waals surface area (Å²) < 4.78 is 0.115. The van der Waals surface area contributed by atoms with Crippen molar-refractivity contribution in [3.63, 3.8) is 0 Å². The smallest absolute Gasteiger partial charge is 0.307 e. The second kappa shape index (κ2) is 9.03. The molecule has 1 atom stereocenters. The maximum absolute atomic E-state index is 11.2. The molecule has 0 fully saturated rings. The molecular weight excluding hydrogens is 256 g/mol. The normalized spacial score (nSPS) is 12.3. The summed E-state index contributed by atoms with van der Waals surface area (Å²) in [4.78, 5) is 11.2. The highest BCUT2D eigenvalue weighted by Gasteiger charge is 2.21. The highest BCUT2D eigenvalue weighted by atomic mass is 32.2. The molecule has 1 N–H and O–H groups in total. The molecule has 0 aliphatic heterocycles. The number of benzene rings is 1. The lowest BCUT2D eigenvalue weighted by atomic mass is 10.0. The quantitative estimate of drug-likeness (QED) is 0.864. The van der Waals surface area contributed by atoms with Crippen LogP contribution in [-0.2, 0) is 11.2 Å². The number of rotatable bonds is 5. The van der Waals surface area contributed by atoms with Crippen molar-refractivity contribution in [2.45, 2.75) is 45.8 Å².